The second-order valence-electron chi connectivity index (χ2n) is 2.44. The molecule has 0 saturated heterocycles. The van der Waals surface area contributed by atoms with Crippen LogP contribution in [-0.2, 0) is 0 Å². The summed E-state index contributed by atoms with van der Waals surface area (Å²) in [6.07, 6.45) is 0.703. The molecular weight excluding hydrogens is 168 g/mol. The third-order valence-corrected chi connectivity index (χ3v) is 1.39. The lowest BCUT2D eigenvalue weighted by Crippen LogP contribution is -2.21. The molecule has 0 atom stereocenters. The fourth-order valence-electron chi connectivity index (χ4n) is 0.785. The van der Waals surface area contributed by atoms with Crippen molar-refractivity contribution in [1.82, 2.24) is 5.32 Å². The molecule has 0 aliphatic rings. The molecule has 0 aromatic heterocycles. The van der Waals surface area contributed by atoms with Crippen molar-refractivity contribution in [2.75, 3.05) is 0 Å². The first kappa shape index (κ1) is 9.07. The Bertz CT molecular complexity index is 338. The molecule has 0 saturated carbocycles. The minimum Gasteiger partial charge on any atom is -0.410 e. The molecule has 13 heavy (non-hydrogen) atoms. The average Bonchev–Trinajstić information content (AvgIpc) is 2.09. The predicted molar refractivity (Wildman–Crippen MR) is 46.0 cm³/mol. The van der Waals surface area contributed by atoms with Crippen molar-refractivity contribution in [2.24, 2.45) is 0 Å². The monoisotopic (exact) mass is 176 g/mol. The second-order valence-corrected chi connectivity index (χ2v) is 2.44. The molecule has 0 bridgehead atoms. The second kappa shape index (κ2) is 4.12. The Balaban J connectivity index is 2.60. The summed E-state index contributed by atoms with van der Waals surface area (Å²) in [4.78, 5) is 10.7. The van der Waals surface area contributed by atoms with E-state index in [0.717, 1.165) is 5.56 Å². The van der Waals surface area contributed by atoms with Crippen molar-refractivity contribution in [3.63, 3.8) is 0 Å². The number of carbonyl (C=O) groups excluding carboxylic acids is 1. The smallest absolute Gasteiger partial charge is 0.410 e. The first-order valence-electron chi connectivity index (χ1n) is 3.66. The van der Waals surface area contributed by atoms with Crippen molar-refractivity contribution in [3.8, 4) is 11.9 Å². The van der Waals surface area contributed by atoms with Crippen molar-refractivity contribution in [3.05, 3.63) is 29.8 Å². The molecule has 0 radical (unpaired) electrons. The number of ether oxygens (including phenoxy) is 1. The molecule has 1 aromatic carbocycles. The Labute approximate surface area is 75.7 Å². The van der Waals surface area contributed by atoms with Gasteiger partial charge in [-0.15, -0.1) is 0 Å². The van der Waals surface area contributed by atoms with Crippen LogP contribution in [0.25, 0.3) is 0 Å². The topological polar surface area (TPSA) is 62.1 Å². The summed E-state index contributed by atoms with van der Waals surface area (Å²) in [6.45, 7) is 1.93. The van der Waals surface area contributed by atoms with Crippen LogP contribution in [0.15, 0.2) is 24.3 Å². The summed E-state index contributed by atoms with van der Waals surface area (Å²) < 4.78 is 4.74. The van der Waals surface area contributed by atoms with Crippen LogP contribution in [-0.4, -0.2) is 6.09 Å². The van der Waals surface area contributed by atoms with E-state index in [1.807, 2.05) is 24.4 Å². The molecule has 4 heteroatoms. The molecule has 0 spiro atoms. The number of amides is 1. The molecule has 4 nitrogen and oxygen atoms in total. The number of benzene rings is 1. The van der Waals surface area contributed by atoms with Gasteiger partial charge in [-0.05, 0) is 19.1 Å². The van der Waals surface area contributed by atoms with Gasteiger partial charge < -0.3 is 4.74 Å². The molecule has 1 aromatic rings. The van der Waals surface area contributed by atoms with Crippen LogP contribution in [0.1, 0.15) is 5.56 Å². The van der Waals surface area contributed by atoms with Crippen LogP contribution in [0, 0.1) is 18.4 Å². The number of nitriles is 1. The summed E-state index contributed by atoms with van der Waals surface area (Å²) in [5.74, 6) is 0.415. The molecule has 0 fully saturated rings. The number of carbonyl (C=O) groups is 1. The van der Waals surface area contributed by atoms with E-state index in [9.17, 15) is 4.79 Å². The number of rotatable bonds is 1. The maximum atomic E-state index is 10.7. The lowest BCUT2D eigenvalue weighted by atomic mass is 10.2. The zero-order valence-electron chi connectivity index (χ0n) is 7.07. The summed E-state index contributed by atoms with van der Waals surface area (Å²) in [7, 11) is 0. The fraction of sp³-hybridized carbons (Fsp3) is 0.111. The van der Waals surface area contributed by atoms with E-state index in [-0.39, 0.29) is 0 Å². The minimum absolute atomic E-state index is 0.415. The Hall–Kier alpha value is -2.02. The van der Waals surface area contributed by atoms with Crippen LogP contribution < -0.4 is 10.1 Å². The molecule has 1 amide bonds. The summed E-state index contributed by atoms with van der Waals surface area (Å²) in [6, 6.07) is 6.95. The molecule has 0 aliphatic heterocycles. The Kier molecular flexibility index (Phi) is 2.87. The Morgan fingerprint density at radius 3 is 2.62 bits per heavy atom. The van der Waals surface area contributed by atoms with Crippen molar-refractivity contribution in [2.45, 2.75) is 6.92 Å². The molecule has 0 aliphatic carbocycles. The van der Waals surface area contributed by atoms with E-state index >= 15 is 0 Å². The summed E-state index contributed by atoms with van der Waals surface area (Å²) in [5.41, 5.74) is 1.08. The van der Waals surface area contributed by atoms with Crippen LogP contribution in [0.3, 0.4) is 0 Å². The fourth-order valence-corrected chi connectivity index (χ4v) is 0.785. The zero-order chi connectivity index (χ0) is 9.68. The molecule has 66 valence electrons. The number of nitrogens with one attached hydrogen (secondary N) is 1. The highest BCUT2D eigenvalue weighted by molar-refractivity contribution is 5.71. The van der Waals surface area contributed by atoms with Gasteiger partial charge in [-0.25, -0.2) is 10.1 Å². The normalized spacial score (nSPS) is 8.62. The lowest BCUT2D eigenvalue weighted by molar-refractivity contribution is 0.205. The highest BCUT2D eigenvalue weighted by atomic mass is 16.5. The van der Waals surface area contributed by atoms with Gasteiger partial charge in [0.05, 0.1) is 0 Å². The first-order chi connectivity index (χ1) is 6.22. The van der Waals surface area contributed by atoms with Crippen molar-refractivity contribution in [1.29, 1.82) is 5.26 Å². The number of nitrogens with zero attached hydrogens (tertiary/aromatic N) is 1. The predicted octanol–water partition coefficient (Wildman–Crippen LogP) is 1.56. The number of hydrogen-bond acceptors (Lipinski definition) is 3. The van der Waals surface area contributed by atoms with Gasteiger partial charge in [0.2, 0.25) is 0 Å². The minimum atomic E-state index is -0.772. The first-order valence-corrected chi connectivity index (χ1v) is 3.66. The van der Waals surface area contributed by atoms with Gasteiger partial charge in [0, 0.05) is 0 Å². The van der Waals surface area contributed by atoms with Crippen LogP contribution in [0.2, 0.25) is 0 Å². The van der Waals surface area contributed by atoms with E-state index in [1.165, 1.54) is 6.19 Å². The highest BCUT2D eigenvalue weighted by Gasteiger charge is 2.01. The Morgan fingerprint density at radius 1 is 1.46 bits per heavy atom. The van der Waals surface area contributed by atoms with Crippen LogP contribution in [0.5, 0.6) is 5.75 Å². The maximum absolute atomic E-state index is 10.7. The van der Waals surface area contributed by atoms with E-state index in [4.69, 9.17) is 10.00 Å². The van der Waals surface area contributed by atoms with Crippen LogP contribution >= 0.6 is 0 Å². The molecule has 0 unspecified atom stereocenters. The molecule has 0 heterocycles. The van der Waals surface area contributed by atoms with Gasteiger partial charge >= 0.3 is 6.09 Å². The van der Waals surface area contributed by atoms with Crippen molar-refractivity contribution < 1.29 is 9.53 Å². The van der Waals surface area contributed by atoms with Crippen molar-refractivity contribution >= 4 is 6.09 Å². The zero-order valence-corrected chi connectivity index (χ0v) is 7.07. The average molecular weight is 176 g/mol. The Morgan fingerprint density at radius 2 is 2.08 bits per heavy atom. The largest absolute Gasteiger partial charge is 0.425 e. The van der Waals surface area contributed by atoms with E-state index < -0.39 is 6.09 Å². The van der Waals surface area contributed by atoms with Gasteiger partial charge in [-0.2, -0.15) is 5.26 Å². The van der Waals surface area contributed by atoms with E-state index in [0.29, 0.717) is 5.75 Å². The number of hydrogen-bond donors (Lipinski definition) is 1. The van der Waals surface area contributed by atoms with Crippen LogP contribution in [0.4, 0.5) is 4.79 Å². The van der Waals surface area contributed by atoms with Gasteiger partial charge in [0.1, 0.15) is 5.75 Å². The standard InChI is InChI=1S/C9H8N2O2/c1-7-2-4-8(5-3-7)13-9(12)11-6-10/h2-5H,1H3,(H,11,12). The molecule has 1 N–H and O–H groups in total. The lowest BCUT2D eigenvalue weighted by Gasteiger charge is -2.01. The summed E-state index contributed by atoms with van der Waals surface area (Å²) >= 11 is 0. The van der Waals surface area contributed by atoms with E-state index in [1.54, 1.807) is 12.1 Å². The third-order valence-electron chi connectivity index (χ3n) is 1.39. The third kappa shape index (κ3) is 2.83. The quantitative estimate of drug-likeness (QED) is 0.521. The highest BCUT2D eigenvalue weighted by Crippen LogP contribution is 2.10. The maximum Gasteiger partial charge on any atom is 0.425 e. The SMILES string of the molecule is Cc1ccc(OC(=O)NC#N)cc1. The van der Waals surface area contributed by atoms with Gasteiger partial charge in [-0.1, -0.05) is 17.7 Å². The van der Waals surface area contributed by atoms with Gasteiger partial charge in [-0.3, -0.25) is 0 Å². The summed E-state index contributed by atoms with van der Waals surface area (Å²) in [5, 5.41) is 9.95. The van der Waals surface area contributed by atoms with Gasteiger partial charge in [0.15, 0.2) is 6.19 Å². The van der Waals surface area contributed by atoms with Gasteiger partial charge in [0.25, 0.3) is 0 Å². The van der Waals surface area contributed by atoms with E-state index in [2.05, 4.69) is 0 Å². The molecular formula is C9H8N2O2. The molecule has 1 rings (SSSR count). The number of aryl methyl sites for hydroxylation is 1.